The first kappa shape index (κ1) is 11.8. The Bertz CT molecular complexity index is 494. The Balaban J connectivity index is 2.20. The van der Waals surface area contributed by atoms with Crippen LogP contribution >= 0.6 is 34.4 Å². The molecule has 0 amide bonds. The van der Waals surface area contributed by atoms with Crippen molar-refractivity contribution in [2.45, 2.75) is 16.7 Å². The van der Waals surface area contributed by atoms with Gasteiger partial charge in [0.15, 0.2) is 0 Å². The highest BCUT2D eigenvalue weighted by atomic mass is 127. The van der Waals surface area contributed by atoms with Crippen molar-refractivity contribution in [2.24, 2.45) is 0 Å². The summed E-state index contributed by atoms with van der Waals surface area (Å²) in [6.45, 7) is 1.91. The fourth-order valence-corrected chi connectivity index (χ4v) is 2.61. The van der Waals surface area contributed by atoms with Crippen LogP contribution in [0.2, 0.25) is 0 Å². The van der Waals surface area contributed by atoms with Crippen LogP contribution in [0.25, 0.3) is 0 Å². The zero-order valence-electron chi connectivity index (χ0n) is 8.77. The van der Waals surface area contributed by atoms with E-state index in [0.29, 0.717) is 5.75 Å². The Morgan fingerprint density at radius 3 is 2.25 bits per heavy atom. The molecule has 0 radical (unpaired) electrons. The molecule has 3 heteroatoms. The topological polar surface area (TPSA) is 20.2 Å². The first-order valence-electron chi connectivity index (χ1n) is 4.88. The minimum atomic E-state index is 0.354. The molecule has 2 aromatic rings. The van der Waals surface area contributed by atoms with Crippen LogP contribution in [0.4, 0.5) is 0 Å². The number of aryl methyl sites for hydroxylation is 1. The first-order valence-corrected chi connectivity index (χ1v) is 6.78. The molecule has 0 aliphatic carbocycles. The molecule has 16 heavy (non-hydrogen) atoms. The molecule has 1 nitrogen and oxygen atoms in total. The minimum Gasteiger partial charge on any atom is -0.508 e. The summed E-state index contributed by atoms with van der Waals surface area (Å²) >= 11 is 4.00. The third kappa shape index (κ3) is 2.92. The zero-order valence-corrected chi connectivity index (χ0v) is 11.7. The minimum absolute atomic E-state index is 0.354. The van der Waals surface area contributed by atoms with Crippen molar-refractivity contribution < 1.29 is 5.11 Å². The lowest BCUT2D eigenvalue weighted by molar-refractivity contribution is 0.470. The van der Waals surface area contributed by atoms with Gasteiger partial charge in [-0.3, -0.25) is 0 Å². The van der Waals surface area contributed by atoms with Crippen molar-refractivity contribution in [2.75, 3.05) is 0 Å². The fourth-order valence-electron chi connectivity index (χ4n) is 1.33. The van der Waals surface area contributed by atoms with Crippen molar-refractivity contribution in [3.63, 3.8) is 0 Å². The SMILES string of the molecule is Cc1cc(Sc2ccc(I)cc2)ccc1O. The van der Waals surface area contributed by atoms with E-state index in [1.54, 1.807) is 17.8 Å². The van der Waals surface area contributed by atoms with E-state index in [2.05, 4.69) is 46.9 Å². The summed E-state index contributed by atoms with van der Waals surface area (Å²) in [5.41, 5.74) is 0.913. The first-order chi connectivity index (χ1) is 7.65. The number of hydrogen-bond donors (Lipinski definition) is 1. The van der Waals surface area contributed by atoms with Gasteiger partial charge in [0.25, 0.3) is 0 Å². The second-order valence-corrected chi connectivity index (χ2v) is 5.90. The number of hydrogen-bond acceptors (Lipinski definition) is 2. The van der Waals surface area contributed by atoms with Gasteiger partial charge in [-0.2, -0.15) is 0 Å². The van der Waals surface area contributed by atoms with Crippen LogP contribution in [0.1, 0.15) is 5.56 Å². The van der Waals surface area contributed by atoms with Crippen LogP contribution in [0.5, 0.6) is 5.75 Å². The van der Waals surface area contributed by atoms with Gasteiger partial charge in [-0.25, -0.2) is 0 Å². The molecular weight excluding hydrogens is 331 g/mol. The summed E-state index contributed by atoms with van der Waals surface area (Å²) in [5.74, 6) is 0.354. The summed E-state index contributed by atoms with van der Waals surface area (Å²) in [6.07, 6.45) is 0. The fraction of sp³-hybridized carbons (Fsp3) is 0.0769. The quantitative estimate of drug-likeness (QED) is 0.814. The van der Waals surface area contributed by atoms with Crippen molar-refractivity contribution in [3.05, 3.63) is 51.6 Å². The predicted octanol–water partition coefficient (Wildman–Crippen LogP) is 4.46. The third-order valence-corrected chi connectivity index (χ3v) is 3.93. The van der Waals surface area contributed by atoms with Crippen LogP contribution in [0.3, 0.4) is 0 Å². The highest BCUT2D eigenvalue weighted by Gasteiger charge is 2.00. The molecule has 0 spiro atoms. The van der Waals surface area contributed by atoms with Crippen molar-refractivity contribution in [1.82, 2.24) is 0 Å². The number of phenols is 1. The largest absolute Gasteiger partial charge is 0.508 e. The Kier molecular flexibility index (Phi) is 3.76. The second-order valence-electron chi connectivity index (χ2n) is 3.50. The highest BCUT2D eigenvalue weighted by molar-refractivity contribution is 14.1. The summed E-state index contributed by atoms with van der Waals surface area (Å²) in [5, 5.41) is 9.44. The molecule has 1 N–H and O–H groups in total. The van der Waals surface area contributed by atoms with Gasteiger partial charge < -0.3 is 5.11 Å². The molecule has 2 aromatic carbocycles. The van der Waals surface area contributed by atoms with Gasteiger partial charge in [0.1, 0.15) is 5.75 Å². The molecule has 0 unspecified atom stereocenters. The predicted molar refractivity (Wildman–Crippen MR) is 76.1 cm³/mol. The van der Waals surface area contributed by atoms with E-state index in [1.165, 1.54) is 8.47 Å². The maximum absolute atomic E-state index is 9.44. The number of phenolic OH excluding ortho intramolecular Hbond substituents is 1. The molecule has 0 aliphatic rings. The number of aromatic hydroxyl groups is 1. The number of halogens is 1. The van der Waals surface area contributed by atoms with E-state index in [1.807, 2.05) is 19.1 Å². The Hall–Kier alpha value is -0.680. The molecule has 0 aromatic heterocycles. The molecule has 82 valence electrons. The molecule has 0 fully saturated rings. The molecule has 0 heterocycles. The van der Waals surface area contributed by atoms with Gasteiger partial charge in [0, 0.05) is 13.4 Å². The van der Waals surface area contributed by atoms with Crippen LogP contribution in [-0.2, 0) is 0 Å². The van der Waals surface area contributed by atoms with Gasteiger partial charge in [0.05, 0.1) is 0 Å². The van der Waals surface area contributed by atoms with Crippen molar-refractivity contribution in [1.29, 1.82) is 0 Å². The molecule has 0 saturated carbocycles. The molecule has 0 aliphatic heterocycles. The van der Waals surface area contributed by atoms with Gasteiger partial charge in [-0.1, -0.05) is 11.8 Å². The van der Waals surface area contributed by atoms with Crippen LogP contribution < -0.4 is 0 Å². The van der Waals surface area contributed by atoms with Gasteiger partial charge in [-0.05, 0) is 77.5 Å². The Labute approximate surface area is 113 Å². The zero-order chi connectivity index (χ0) is 11.5. The molecule has 0 atom stereocenters. The summed E-state index contributed by atoms with van der Waals surface area (Å²) in [4.78, 5) is 2.36. The van der Waals surface area contributed by atoms with Crippen LogP contribution in [0.15, 0.2) is 52.3 Å². The van der Waals surface area contributed by atoms with E-state index in [4.69, 9.17) is 0 Å². The lowest BCUT2D eigenvalue weighted by Crippen LogP contribution is -1.78. The lowest BCUT2D eigenvalue weighted by Gasteiger charge is -2.04. The number of rotatable bonds is 2. The average molecular weight is 342 g/mol. The highest BCUT2D eigenvalue weighted by Crippen LogP contribution is 2.30. The molecule has 0 saturated heterocycles. The maximum atomic E-state index is 9.44. The van der Waals surface area contributed by atoms with E-state index in [0.717, 1.165) is 10.5 Å². The second kappa shape index (κ2) is 5.10. The molecular formula is C13H11IOS. The number of benzene rings is 2. The monoisotopic (exact) mass is 342 g/mol. The van der Waals surface area contributed by atoms with E-state index < -0.39 is 0 Å². The maximum Gasteiger partial charge on any atom is 0.118 e. The summed E-state index contributed by atoms with van der Waals surface area (Å²) in [6, 6.07) is 14.1. The summed E-state index contributed by atoms with van der Waals surface area (Å²) < 4.78 is 1.24. The summed E-state index contributed by atoms with van der Waals surface area (Å²) in [7, 11) is 0. The van der Waals surface area contributed by atoms with Crippen molar-refractivity contribution >= 4 is 34.4 Å². The standard InChI is InChI=1S/C13H11IOS/c1-9-8-12(6-7-13(9)15)16-11-4-2-10(14)3-5-11/h2-8,15H,1H3. The van der Waals surface area contributed by atoms with Crippen molar-refractivity contribution in [3.8, 4) is 5.75 Å². The molecule has 2 rings (SSSR count). The van der Waals surface area contributed by atoms with E-state index in [9.17, 15) is 5.11 Å². The lowest BCUT2D eigenvalue weighted by atomic mass is 10.2. The van der Waals surface area contributed by atoms with Crippen LogP contribution in [-0.4, -0.2) is 5.11 Å². The van der Waals surface area contributed by atoms with Gasteiger partial charge in [-0.15, -0.1) is 0 Å². The average Bonchev–Trinajstić information content (AvgIpc) is 2.27. The Morgan fingerprint density at radius 2 is 1.62 bits per heavy atom. The van der Waals surface area contributed by atoms with E-state index >= 15 is 0 Å². The van der Waals surface area contributed by atoms with Gasteiger partial charge in [0.2, 0.25) is 0 Å². The third-order valence-electron chi connectivity index (χ3n) is 2.22. The van der Waals surface area contributed by atoms with E-state index in [-0.39, 0.29) is 0 Å². The smallest absolute Gasteiger partial charge is 0.118 e. The van der Waals surface area contributed by atoms with Crippen LogP contribution in [0, 0.1) is 10.5 Å². The van der Waals surface area contributed by atoms with Gasteiger partial charge >= 0.3 is 0 Å². The molecule has 0 bridgehead atoms. The normalized spacial score (nSPS) is 10.4. The Morgan fingerprint density at radius 1 is 1.00 bits per heavy atom.